The van der Waals surface area contributed by atoms with E-state index in [0.717, 1.165) is 0 Å². The van der Waals surface area contributed by atoms with Gasteiger partial charge in [-0.1, -0.05) is 68.5 Å². The predicted molar refractivity (Wildman–Crippen MR) is 76.7 cm³/mol. The number of benzene rings is 2. The summed E-state index contributed by atoms with van der Waals surface area (Å²) in [6.45, 7) is 8.59. The SMILES string of the molecule is C=C[C]1c2ccccc2C(C)(C)c2ccccc21. The summed E-state index contributed by atoms with van der Waals surface area (Å²) in [4.78, 5) is 0. The van der Waals surface area contributed by atoms with Gasteiger partial charge in [0, 0.05) is 5.41 Å². The standard InChI is InChI=1S/C18H17/c1-4-13-14-9-5-7-11-16(14)18(2,3)17-12-8-6-10-15(13)17/h4-12H,1H2,2-3H3. The molecule has 0 aromatic heterocycles. The van der Waals surface area contributed by atoms with E-state index in [1.807, 2.05) is 6.08 Å². The van der Waals surface area contributed by atoms with Crippen LogP contribution >= 0.6 is 0 Å². The Morgan fingerprint density at radius 3 is 1.72 bits per heavy atom. The number of hydrogen-bond acceptors (Lipinski definition) is 0. The Kier molecular flexibility index (Phi) is 2.41. The topological polar surface area (TPSA) is 0 Å². The summed E-state index contributed by atoms with van der Waals surface area (Å²) in [5.74, 6) is 1.25. The molecule has 1 aliphatic carbocycles. The quantitative estimate of drug-likeness (QED) is 0.681. The van der Waals surface area contributed by atoms with E-state index in [4.69, 9.17) is 0 Å². The van der Waals surface area contributed by atoms with Crippen LogP contribution < -0.4 is 0 Å². The fraction of sp³-hybridized carbons (Fsp3) is 0.167. The summed E-state index contributed by atoms with van der Waals surface area (Å²) in [7, 11) is 0. The van der Waals surface area contributed by atoms with Gasteiger partial charge in [-0.3, -0.25) is 0 Å². The minimum atomic E-state index is 0.0553. The van der Waals surface area contributed by atoms with Crippen LogP contribution in [0.2, 0.25) is 0 Å². The van der Waals surface area contributed by atoms with Gasteiger partial charge < -0.3 is 0 Å². The van der Waals surface area contributed by atoms with Crippen LogP contribution in [0.1, 0.15) is 36.1 Å². The molecule has 0 fully saturated rings. The smallest absolute Gasteiger partial charge is 0.0557 e. The summed E-state index contributed by atoms with van der Waals surface area (Å²) in [5, 5.41) is 0. The van der Waals surface area contributed by atoms with Crippen molar-refractivity contribution >= 4 is 0 Å². The second-order valence-electron chi connectivity index (χ2n) is 5.33. The molecule has 2 aromatic carbocycles. The number of allylic oxidation sites excluding steroid dienone is 1. The Bertz CT molecular complexity index is 555. The molecule has 0 N–H and O–H groups in total. The van der Waals surface area contributed by atoms with E-state index in [0.29, 0.717) is 0 Å². The lowest BCUT2D eigenvalue weighted by Gasteiger charge is -2.38. The fourth-order valence-corrected chi connectivity index (χ4v) is 3.04. The van der Waals surface area contributed by atoms with Crippen LogP contribution in [-0.4, -0.2) is 0 Å². The maximum Gasteiger partial charge on any atom is 0.0557 e. The molecule has 2 aromatic rings. The monoisotopic (exact) mass is 233 g/mol. The van der Waals surface area contributed by atoms with Crippen molar-refractivity contribution in [1.29, 1.82) is 0 Å². The highest BCUT2D eigenvalue weighted by molar-refractivity contribution is 5.65. The predicted octanol–water partition coefficient (Wildman–Crippen LogP) is 4.48. The van der Waals surface area contributed by atoms with Gasteiger partial charge in [0.05, 0.1) is 5.92 Å². The summed E-state index contributed by atoms with van der Waals surface area (Å²) in [5.41, 5.74) is 5.46. The van der Waals surface area contributed by atoms with E-state index in [2.05, 4.69) is 69.0 Å². The lowest BCUT2D eigenvalue weighted by Crippen LogP contribution is -2.28. The second kappa shape index (κ2) is 3.84. The molecule has 0 atom stereocenters. The molecular weight excluding hydrogens is 216 g/mol. The van der Waals surface area contributed by atoms with Gasteiger partial charge >= 0.3 is 0 Å². The Hall–Kier alpha value is -1.82. The fourth-order valence-electron chi connectivity index (χ4n) is 3.04. The van der Waals surface area contributed by atoms with Crippen molar-refractivity contribution in [2.45, 2.75) is 19.3 Å². The maximum absolute atomic E-state index is 3.99. The molecule has 0 spiro atoms. The largest absolute Gasteiger partial charge is 0.102 e. The molecule has 3 rings (SSSR count). The summed E-state index contributed by atoms with van der Waals surface area (Å²) in [6.07, 6.45) is 1.98. The van der Waals surface area contributed by atoms with Gasteiger partial charge in [-0.15, -0.1) is 6.58 Å². The van der Waals surface area contributed by atoms with E-state index in [9.17, 15) is 0 Å². The molecule has 0 amide bonds. The maximum atomic E-state index is 3.99. The lowest BCUT2D eigenvalue weighted by atomic mass is 9.65. The van der Waals surface area contributed by atoms with Gasteiger partial charge in [-0.2, -0.15) is 0 Å². The van der Waals surface area contributed by atoms with Gasteiger partial charge in [0.1, 0.15) is 0 Å². The van der Waals surface area contributed by atoms with Crippen LogP contribution in [0.15, 0.2) is 61.2 Å². The molecule has 0 nitrogen and oxygen atoms in total. The molecule has 0 heteroatoms. The molecule has 89 valence electrons. The molecule has 0 heterocycles. The molecule has 18 heavy (non-hydrogen) atoms. The molecule has 0 unspecified atom stereocenters. The van der Waals surface area contributed by atoms with E-state index in [1.165, 1.54) is 28.2 Å². The second-order valence-corrected chi connectivity index (χ2v) is 5.33. The van der Waals surface area contributed by atoms with Crippen molar-refractivity contribution in [3.05, 3.63) is 89.4 Å². The first-order valence-electron chi connectivity index (χ1n) is 6.35. The zero-order valence-electron chi connectivity index (χ0n) is 10.9. The van der Waals surface area contributed by atoms with Gasteiger partial charge in [0.25, 0.3) is 0 Å². The van der Waals surface area contributed by atoms with Crippen LogP contribution in [-0.2, 0) is 5.41 Å². The van der Waals surface area contributed by atoms with Gasteiger partial charge in [0.2, 0.25) is 0 Å². The molecule has 0 saturated carbocycles. The highest BCUT2D eigenvalue weighted by Crippen LogP contribution is 2.46. The molecule has 0 saturated heterocycles. The van der Waals surface area contributed by atoms with Gasteiger partial charge in [-0.25, -0.2) is 0 Å². The van der Waals surface area contributed by atoms with Crippen molar-refractivity contribution < 1.29 is 0 Å². The minimum Gasteiger partial charge on any atom is -0.102 e. The highest BCUT2D eigenvalue weighted by atomic mass is 14.4. The van der Waals surface area contributed by atoms with E-state index < -0.39 is 0 Å². The Morgan fingerprint density at radius 2 is 1.28 bits per heavy atom. The zero-order chi connectivity index (χ0) is 12.8. The summed E-state index contributed by atoms with van der Waals surface area (Å²) >= 11 is 0. The Balaban J connectivity index is 2.36. The van der Waals surface area contributed by atoms with E-state index in [-0.39, 0.29) is 5.41 Å². The van der Waals surface area contributed by atoms with Crippen molar-refractivity contribution in [2.75, 3.05) is 0 Å². The lowest BCUT2D eigenvalue weighted by molar-refractivity contribution is 0.619. The highest BCUT2D eigenvalue weighted by Gasteiger charge is 2.35. The van der Waals surface area contributed by atoms with Gasteiger partial charge in [0.15, 0.2) is 0 Å². The van der Waals surface area contributed by atoms with Crippen LogP contribution in [0.4, 0.5) is 0 Å². The average molecular weight is 233 g/mol. The first-order chi connectivity index (χ1) is 8.66. The van der Waals surface area contributed by atoms with Crippen molar-refractivity contribution in [3.8, 4) is 0 Å². The van der Waals surface area contributed by atoms with Crippen LogP contribution in [0.25, 0.3) is 0 Å². The van der Waals surface area contributed by atoms with E-state index in [1.54, 1.807) is 0 Å². The van der Waals surface area contributed by atoms with Crippen molar-refractivity contribution in [3.63, 3.8) is 0 Å². The van der Waals surface area contributed by atoms with Gasteiger partial charge in [-0.05, 0) is 22.3 Å². The molecule has 1 aliphatic rings. The third-order valence-corrected chi connectivity index (χ3v) is 3.99. The minimum absolute atomic E-state index is 0.0553. The molecular formula is C18H17. The summed E-state index contributed by atoms with van der Waals surface area (Å²) in [6, 6.07) is 17.3. The van der Waals surface area contributed by atoms with Crippen molar-refractivity contribution in [2.24, 2.45) is 0 Å². The molecule has 0 aliphatic heterocycles. The van der Waals surface area contributed by atoms with Crippen LogP contribution in [0, 0.1) is 5.92 Å². The molecule has 0 bridgehead atoms. The first-order valence-corrected chi connectivity index (χ1v) is 6.35. The number of fused-ring (bicyclic) bond motifs is 2. The van der Waals surface area contributed by atoms with Crippen LogP contribution in [0.5, 0.6) is 0 Å². The Labute approximate surface area is 109 Å². The summed E-state index contributed by atoms with van der Waals surface area (Å²) < 4.78 is 0. The zero-order valence-corrected chi connectivity index (χ0v) is 10.9. The first kappa shape index (κ1) is 11.3. The van der Waals surface area contributed by atoms with Crippen LogP contribution in [0.3, 0.4) is 0 Å². The number of hydrogen-bond donors (Lipinski definition) is 0. The third kappa shape index (κ3) is 1.38. The molecule has 1 radical (unpaired) electrons. The average Bonchev–Trinajstić information content (AvgIpc) is 2.40. The number of rotatable bonds is 1. The third-order valence-electron chi connectivity index (χ3n) is 3.99. The normalized spacial score (nSPS) is 16.8. The van der Waals surface area contributed by atoms with Crippen molar-refractivity contribution in [1.82, 2.24) is 0 Å². The Morgan fingerprint density at radius 1 is 0.833 bits per heavy atom. The van der Waals surface area contributed by atoms with E-state index >= 15 is 0 Å².